The topological polar surface area (TPSA) is 63.2 Å². The Morgan fingerprint density at radius 3 is 2.90 bits per heavy atom. The summed E-state index contributed by atoms with van der Waals surface area (Å²) in [5.74, 6) is 0.807. The van der Waals surface area contributed by atoms with E-state index < -0.39 is 0 Å². The lowest BCUT2D eigenvalue weighted by atomic mass is 10.0. The lowest BCUT2D eigenvalue weighted by Gasteiger charge is -2.22. The lowest BCUT2D eigenvalue weighted by Crippen LogP contribution is -2.21. The van der Waals surface area contributed by atoms with Crippen LogP contribution in [0.1, 0.15) is 32.1 Å². The Hall–Kier alpha value is -1.33. The average molecular weight is 300 g/mol. The molecule has 1 saturated heterocycles. The summed E-state index contributed by atoms with van der Waals surface area (Å²) < 4.78 is 5.61. The molecule has 2 rings (SSSR count). The summed E-state index contributed by atoms with van der Waals surface area (Å²) in [6, 6.07) is 3.67. The summed E-state index contributed by atoms with van der Waals surface area (Å²) in [6.07, 6.45) is 6.64. The second-order valence-corrected chi connectivity index (χ2v) is 4.76. The highest BCUT2D eigenvalue weighted by molar-refractivity contribution is 5.90. The Balaban J connectivity index is 0.00000200. The molecule has 112 valence electrons. The van der Waals surface area contributed by atoms with E-state index in [0.29, 0.717) is 6.42 Å². The van der Waals surface area contributed by atoms with Crippen LogP contribution in [0.25, 0.3) is 0 Å². The number of carbonyl (C=O) groups excluding carboxylic acids is 1. The van der Waals surface area contributed by atoms with Gasteiger partial charge in [0.1, 0.15) is 5.82 Å². The van der Waals surface area contributed by atoms with Crippen molar-refractivity contribution in [2.24, 2.45) is 0 Å². The first kappa shape index (κ1) is 16.7. The van der Waals surface area contributed by atoms with E-state index in [4.69, 9.17) is 4.74 Å². The van der Waals surface area contributed by atoms with Crippen LogP contribution in [0.4, 0.5) is 11.5 Å². The first-order chi connectivity index (χ1) is 9.28. The lowest BCUT2D eigenvalue weighted by molar-refractivity contribution is -0.117. The van der Waals surface area contributed by atoms with E-state index in [0.717, 1.165) is 37.4 Å². The Kier molecular flexibility index (Phi) is 7.33. The molecule has 1 unspecified atom stereocenters. The number of anilines is 2. The molecule has 2 heterocycles. The van der Waals surface area contributed by atoms with Crippen LogP contribution >= 0.6 is 12.4 Å². The minimum atomic E-state index is 0. The fourth-order valence-corrected chi connectivity index (χ4v) is 2.17. The quantitative estimate of drug-likeness (QED) is 0.877. The Morgan fingerprint density at radius 1 is 1.45 bits per heavy atom. The number of pyridine rings is 1. The smallest absolute Gasteiger partial charge is 0.224 e. The molecule has 0 bridgehead atoms. The number of nitrogens with zero attached hydrogens (tertiary/aromatic N) is 1. The van der Waals surface area contributed by atoms with E-state index in [1.807, 2.05) is 19.2 Å². The third-order valence-electron chi connectivity index (χ3n) is 3.27. The number of amides is 1. The molecule has 0 radical (unpaired) electrons. The molecule has 0 saturated carbocycles. The van der Waals surface area contributed by atoms with Crippen molar-refractivity contribution in [1.29, 1.82) is 0 Å². The van der Waals surface area contributed by atoms with E-state index >= 15 is 0 Å². The van der Waals surface area contributed by atoms with E-state index in [-0.39, 0.29) is 24.4 Å². The molecule has 1 aromatic heterocycles. The van der Waals surface area contributed by atoms with Gasteiger partial charge < -0.3 is 15.4 Å². The largest absolute Gasteiger partial charge is 0.378 e. The van der Waals surface area contributed by atoms with Gasteiger partial charge in [-0.05, 0) is 37.8 Å². The molecule has 2 N–H and O–H groups in total. The van der Waals surface area contributed by atoms with Gasteiger partial charge in [0.2, 0.25) is 5.91 Å². The SMILES string of the molecule is CNc1ccc(NC(=O)CCC2CCCCO2)cn1.Cl. The van der Waals surface area contributed by atoms with Crippen molar-refractivity contribution >= 4 is 29.8 Å². The number of rotatable bonds is 5. The van der Waals surface area contributed by atoms with Gasteiger partial charge in [0.15, 0.2) is 0 Å². The van der Waals surface area contributed by atoms with Crippen LogP contribution in [0.3, 0.4) is 0 Å². The highest BCUT2D eigenvalue weighted by Crippen LogP contribution is 2.17. The van der Waals surface area contributed by atoms with Gasteiger partial charge in [-0.3, -0.25) is 4.79 Å². The van der Waals surface area contributed by atoms with E-state index in [2.05, 4.69) is 15.6 Å². The Labute approximate surface area is 125 Å². The minimum absolute atomic E-state index is 0. The number of carbonyl (C=O) groups is 1. The van der Waals surface area contributed by atoms with Crippen molar-refractivity contribution in [1.82, 2.24) is 4.98 Å². The number of halogens is 1. The molecule has 5 nitrogen and oxygen atoms in total. The zero-order valence-electron chi connectivity index (χ0n) is 11.7. The maximum absolute atomic E-state index is 11.8. The second kappa shape index (κ2) is 8.76. The van der Waals surface area contributed by atoms with E-state index in [1.54, 1.807) is 6.20 Å². The maximum atomic E-state index is 11.8. The van der Waals surface area contributed by atoms with E-state index in [1.165, 1.54) is 6.42 Å². The molecule has 1 aromatic rings. The van der Waals surface area contributed by atoms with Crippen LogP contribution in [0.5, 0.6) is 0 Å². The van der Waals surface area contributed by atoms with Crippen molar-refractivity contribution in [2.45, 2.75) is 38.2 Å². The number of ether oxygens (including phenoxy) is 1. The predicted molar refractivity (Wildman–Crippen MR) is 82.5 cm³/mol. The van der Waals surface area contributed by atoms with Gasteiger partial charge in [0.25, 0.3) is 0 Å². The molecule has 20 heavy (non-hydrogen) atoms. The molecule has 0 aromatic carbocycles. The minimum Gasteiger partial charge on any atom is -0.378 e. The van der Waals surface area contributed by atoms with Crippen molar-refractivity contribution in [2.75, 3.05) is 24.3 Å². The first-order valence-electron chi connectivity index (χ1n) is 6.83. The third kappa shape index (κ3) is 5.35. The van der Waals surface area contributed by atoms with Gasteiger partial charge in [-0.15, -0.1) is 12.4 Å². The summed E-state index contributed by atoms with van der Waals surface area (Å²) in [7, 11) is 1.81. The zero-order chi connectivity index (χ0) is 13.5. The van der Waals surface area contributed by atoms with Gasteiger partial charge >= 0.3 is 0 Å². The average Bonchev–Trinajstić information content (AvgIpc) is 2.47. The monoisotopic (exact) mass is 299 g/mol. The van der Waals surface area contributed by atoms with Crippen LogP contribution in [-0.2, 0) is 9.53 Å². The number of hydrogen-bond donors (Lipinski definition) is 2. The molecular formula is C14H22ClN3O2. The molecule has 1 atom stereocenters. The van der Waals surface area contributed by atoms with E-state index in [9.17, 15) is 4.79 Å². The van der Waals surface area contributed by atoms with Crippen molar-refractivity contribution < 1.29 is 9.53 Å². The van der Waals surface area contributed by atoms with Gasteiger partial charge in [-0.1, -0.05) is 0 Å². The van der Waals surface area contributed by atoms with Gasteiger partial charge in [0, 0.05) is 20.1 Å². The van der Waals surface area contributed by atoms with Crippen LogP contribution in [0.15, 0.2) is 18.3 Å². The Bertz CT molecular complexity index is 405. The normalized spacial score (nSPS) is 17.9. The van der Waals surface area contributed by atoms with Crippen molar-refractivity contribution in [3.8, 4) is 0 Å². The second-order valence-electron chi connectivity index (χ2n) is 4.76. The highest BCUT2D eigenvalue weighted by Gasteiger charge is 2.15. The summed E-state index contributed by atoms with van der Waals surface area (Å²) >= 11 is 0. The van der Waals surface area contributed by atoms with Gasteiger partial charge in [0.05, 0.1) is 18.0 Å². The molecule has 0 spiro atoms. The molecule has 1 aliphatic rings. The van der Waals surface area contributed by atoms with Crippen LogP contribution in [0.2, 0.25) is 0 Å². The molecule has 6 heteroatoms. The summed E-state index contributed by atoms with van der Waals surface area (Å²) in [6.45, 7) is 0.835. The zero-order valence-corrected chi connectivity index (χ0v) is 12.5. The first-order valence-corrected chi connectivity index (χ1v) is 6.83. The van der Waals surface area contributed by atoms with Gasteiger partial charge in [-0.25, -0.2) is 4.98 Å². The van der Waals surface area contributed by atoms with Gasteiger partial charge in [-0.2, -0.15) is 0 Å². The number of nitrogens with one attached hydrogen (secondary N) is 2. The molecule has 0 aliphatic carbocycles. The van der Waals surface area contributed by atoms with Crippen LogP contribution in [0, 0.1) is 0 Å². The maximum Gasteiger partial charge on any atom is 0.224 e. The van der Waals surface area contributed by atoms with Crippen LogP contribution < -0.4 is 10.6 Å². The fourth-order valence-electron chi connectivity index (χ4n) is 2.17. The summed E-state index contributed by atoms with van der Waals surface area (Å²) in [4.78, 5) is 15.9. The summed E-state index contributed by atoms with van der Waals surface area (Å²) in [5.41, 5.74) is 0.730. The standard InChI is InChI=1S/C14H21N3O2.ClH/c1-15-13-7-5-11(10-16-13)17-14(18)8-6-12-4-2-3-9-19-12;/h5,7,10,12H,2-4,6,8-9H2,1H3,(H,15,16)(H,17,18);1H. The highest BCUT2D eigenvalue weighted by atomic mass is 35.5. The molecule has 1 fully saturated rings. The van der Waals surface area contributed by atoms with Crippen LogP contribution in [-0.4, -0.2) is 30.6 Å². The predicted octanol–water partition coefficient (Wildman–Crippen LogP) is 2.83. The molecular weight excluding hydrogens is 278 g/mol. The van der Waals surface area contributed by atoms with Crippen molar-refractivity contribution in [3.63, 3.8) is 0 Å². The fraction of sp³-hybridized carbons (Fsp3) is 0.571. The number of aromatic nitrogens is 1. The Morgan fingerprint density at radius 2 is 2.30 bits per heavy atom. The molecule has 1 amide bonds. The summed E-state index contributed by atoms with van der Waals surface area (Å²) in [5, 5.41) is 5.78. The third-order valence-corrected chi connectivity index (χ3v) is 3.27. The number of hydrogen-bond acceptors (Lipinski definition) is 4. The molecule has 1 aliphatic heterocycles. The van der Waals surface area contributed by atoms with Crippen molar-refractivity contribution in [3.05, 3.63) is 18.3 Å².